The molecule has 2 aromatic heterocycles. The molecule has 0 aliphatic rings. The van der Waals surface area contributed by atoms with Gasteiger partial charge in [-0.15, -0.1) is 0 Å². The molecule has 4 nitrogen and oxygen atoms in total. The normalized spacial score (nSPS) is 11.9. The lowest BCUT2D eigenvalue weighted by atomic mass is 10.2. The minimum absolute atomic E-state index is 0.913. The summed E-state index contributed by atoms with van der Waals surface area (Å²) in [6.07, 6.45) is 3.87. The molecule has 2 heterocycles. The number of H-pyrrole nitrogens is 2. The zero-order chi connectivity index (χ0) is 14.2. The molecular formula is C17H14N4. The summed E-state index contributed by atoms with van der Waals surface area (Å²) in [4.78, 5) is 15.4. The van der Waals surface area contributed by atoms with Crippen molar-refractivity contribution in [3.63, 3.8) is 0 Å². The van der Waals surface area contributed by atoms with Crippen LogP contribution in [-0.4, -0.2) is 21.2 Å². The fraction of sp³-hybridized carbons (Fsp3) is 0.0588. The van der Waals surface area contributed by atoms with Gasteiger partial charge in [0.1, 0.15) is 5.82 Å². The zero-order valence-electron chi connectivity index (χ0n) is 11.6. The molecule has 2 aromatic carbocycles. The van der Waals surface area contributed by atoms with Crippen molar-refractivity contribution in [3.8, 4) is 0 Å². The molecular weight excluding hydrogens is 260 g/mol. The molecule has 0 radical (unpaired) electrons. The van der Waals surface area contributed by atoms with E-state index in [-0.39, 0.29) is 0 Å². The van der Waals surface area contributed by atoms with Gasteiger partial charge in [0.2, 0.25) is 0 Å². The first-order valence-corrected chi connectivity index (χ1v) is 6.86. The van der Waals surface area contributed by atoms with Crippen LogP contribution < -0.4 is 0 Å². The van der Waals surface area contributed by atoms with Gasteiger partial charge in [0, 0.05) is 28.9 Å². The van der Waals surface area contributed by atoms with Crippen molar-refractivity contribution in [1.82, 2.24) is 15.0 Å². The molecule has 4 heteroatoms. The van der Waals surface area contributed by atoms with Gasteiger partial charge < -0.3 is 9.97 Å². The van der Waals surface area contributed by atoms with Crippen LogP contribution in [0.25, 0.3) is 21.9 Å². The van der Waals surface area contributed by atoms with E-state index < -0.39 is 0 Å². The van der Waals surface area contributed by atoms with E-state index in [0.29, 0.717) is 0 Å². The van der Waals surface area contributed by atoms with Crippen molar-refractivity contribution in [2.24, 2.45) is 4.99 Å². The number of hydrogen-bond donors (Lipinski definition) is 2. The molecule has 21 heavy (non-hydrogen) atoms. The number of aryl methyl sites for hydroxylation is 1. The molecule has 0 aliphatic carbocycles. The van der Waals surface area contributed by atoms with Crippen molar-refractivity contribution >= 4 is 33.8 Å². The lowest BCUT2D eigenvalue weighted by Crippen LogP contribution is -1.77. The molecule has 0 aliphatic heterocycles. The van der Waals surface area contributed by atoms with Crippen LogP contribution in [-0.2, 0) is 0 Å². The standard InChI is InChI=1S/C17H14N4/c1-11-20-16-7-6-13(8-17(16)21-11)18-9-12-10-19-15-5-3-2-4-14(12)15/h2-10,19H,1H3,(H,20,21). The van der Waals surface area contributed by atoms with Crippen LogP contribution in [0.2, 0.25) is 0 Å². The summed E-state index contributed by atoms with van der Waals surface area (Å²) in [5.74, 6) is 0.919. The van der Waals surface area contributed by atoms with Gasteiger partial charge >= 0.3 is 0 Å². The maximum absolute atomic E-state index is 4.57. The van der Waals surface area contributed by atoms with E-state index in [9.17, 15) is 0 Å². The highest BCUT2D eigenvalue weighted by atomic mass is 14.9. The quantitative estimate of drug-likeness (QED) is 0.531. The molecule has 4 aromatic rings. The van der Waals surface area contributed by atoms with E-state index in [0.717, 1.165) is 33.6 Å². The Morgan fingerprint density at radius 3 is 2.95 bits per heavy atom. The Morgan fingerprint density at radius 1 is 1.10 bits per heavy atom. The summed E-state index contributed by atoms with van der Waals surface area (Å²) in [6, 6.07) is 14.2. The number of imidazole rings is 1. The average Bonchev–Trinajstić information content (AvgIpc) is 3.07. The Labute approximate surface area is 121 Å². The predicted octanol–water partition coefficient (Wildman–Crippen LogP) is 4.10. The molecule has 0 unspecified atom stereocenters. The monoisotopic (exact) mass is 274 g/mol. The van der Waals surface area contributed by atoms with Crippen LogP contribution >= 0.6 is 0 Å². The minimum Gasteiger partial charge on any atom is -0.361 e. The number of aliphatic imine (C=N–C) groups is 1. The second-order valence-corrected chi connectivity index (χ2v) is 5.07. The summed E-state index contributed by atoms with van der Waals surface area (Å²) in [6.45, 7) is 1.95. The molecule has 4 rings (SSSR count). The first kappa shape index (κ1) is 11.9. The van der Waals surface area contributed by atoms with Crippen molar-refractivity contribution in [3.05, 3.63) is 60.0 Å². The Kier molecular flexibility index (Phi) is 2.60. The van der Waals surface area contributed by atoms with Gasteiger partial charge in [0.25, 0.3) is 0 Å². The predicted molar refractivity (Wildman–Crippen MR) is 86.4 cm³/mol. The maximum atomic E-state index is 4.57. The summed E-state index contributed by atoms with van der Waals surface area (Å²) >= 11 is 0. The number of nitrogens with one attached hydrogen (secondary N) is 2. The summed E-state index contributed by atoms with van der Waals surface area (Å²) < 4.78 is 0. The number of aromatic nitrogens is 3. The van der Waals surface area contributed by atoms with Crippen molar-refractivity contribution in [1.29, 1.82) is 0 Å². The summed E-state index contributed by atoms with van der Waals surface area (Å²) in [7, 11) is 0. The molecule has 0 fully saturated rings. The molecule has 0 amide bonds. The van der Waals surface area contributed by atoms with Gasteiger partial charge in [-0.1, -0.05) is 18.2 Å². The van der Waals surface area contributed by atoms with E-state index in [1.54, 1.807) is 0 Å². The second-order valence-electron chi connectivity index (χ2n) is 5.07. The highest BCUT2D eigenvalue weighted by Gasteiger charge is 2.01. The number of aromatic amines is 2. The van der Waals surface area contributed by atoms with Gasteiger partial charge in [-0.2, -0.15) is 0 Å². The SMILES string of the molecule is Cc1nc2ccc(N=Cc3c[nH]c4ccccc34)cc2[nH]1. The summed E-state index contributed by atoms with van der Waals surface area (Å²) in [5, 5.41) is 1.18. The van der Waals surface area contributed by atoms with Crippen molar-refractivity contribution in [2.75, 3.05) is 0 Å². The number of rotatable bonds is 2. The number of hydrogen-bond acceptors (Lipinski definition) is 2. The smallest absolute Gasteiger partial charge is 0.104 e. The number of nitrogens with zero attached hydrogens (tertiary/aromatic N) is 2. The van der Waals surface area contributed by atoms with Gasteiger partial charge in [-0.05, 0) is 31.2 Å². The third kappa shape index (κ3) is 2.10. The lowest BCUT2D eigenvalue weighted by molar-refractivity contribution is 1.17. The summed E-state index contributed by atoms with van der Waals surface area (Å²) in [5.41, 5.74) is 5.11. The van der Waals surface area contributed by atoms with Crippen molar-refractivity contribution < 1.29 is 0 Å². The molecule has 2 N–H and O–H groups in total. The third-order valence-corrected chi connectivity index (χ3v) is 3.56. The van der Waals surface area contributed by atoms with Gasteiger partial charge in [0.05, 0.1) is 16.7 Å². The minimum atomic E-state index is 0.913. The molecule has 0 bridgehead atoms. The van der Waals surface area contributed by atoms with E-state index in [4.69, 9.17) is 0 Å². The van der Waals surface area contributed by atoms with Crippen LogP contribution in [0.4, 0.5) is 5.69 Å². The first-order chi connectivity index (χ1) is 10.3. The third-order valence-electron chi connectivity index (χ3n) is 3.56. The fourth-order valence-electron chi connectivity index (χ4n) is 2.55. The van der Waals surface area contributed by atoms with E-state index in [1.807, 2.05) is 49.7 Å². The van der Waals surface area contributed by atoms with Crippen LogP contribution in [0.1, 0.15) is 11.4 Å². The van der Waals surface area contributed by atoms with Gasteiger partial charge in [0.15, 0.2) is 0 Å². The molecule has 0 saturated carbocycles. The Morgan fingerprint density at radius 2 is 2.00 bits per heavy atom. The number of para-hydroxylation sites is 1. The second kappa shape index (κ2) is 4.59. The number of fused-ring (bicyclic) bond motifs is 2. The van der Waals surface area contributed by atoms with Crippen LogP contribution in [0.3, 0.4) is 0 Å². The highest BCUT2D eigenvalue weighted by Crippen LogP contribution is 2.21. The molecule has 0 saturated heterocycles. The molecule has 0 spiro atoms. The van der Waals surface area contributed by atoms with Crippen molar-refractivity contribution in [2.45, 2.75) is 6.92 Å². The van der Waals surface area contributed by atoms with Crippen LogP contribution in [0.5, 0.6) is 0 Å². The van der Waals surface area contributed by atoms with Gasteiger partial charge in [-0.3, -0.25) is 4.99 Å². The van der Waals surface area contributed by atoms with E-state index >= 15 is 0 Å². The topological polar surface area (TPSA) is 56.8 Å². The van der Waals surface area contributed by atoms with E-state index in [1.165, 1.54) is 5.39 Å². The fourth-order valence-corrected chi connectivity index (χ4v) is 2.55. The Balaban J connectivity index is 1.72. The van der Waals surface area contributed by atoms with Crippen LogP contribution in [0, 0.1) is 6.92 Å². The van der Waals surface area contributed by atoms with E-state index in [2.05, 4.69) is 32.1 Å². The highest BCUT2D eigenvalue weighted by molar-refractivity contribution is 5.99. The number of benzene rings is 2. The molecule has 0 atom stereocenters. The lowest BCUT2D eigenvalue weighted by Gasteiger charge is -1.94. The first-order valence-electron chi connectivity index (χ1n) is 6.86. The molecule has 102 valence electrons. The largest absolute Gasteiger partial charge is 0.361 e. The van der Waals surface area contributed by atoms with Gasteiger partial charge in [-0.25, -0.2) is 4.98 Å². The Bertz CT molecular complexity index is 959. The van der Waals surface area contributed by atoms with Crippen LogP contribution in [0.15, 0.2) is 53.7 Å². The Hall–Kier alpha value is -2.88. The zero-order valence-corrected chi connectivity index (χ0v) is 11.6. The average molecular weight is 274 g/mol. The maximum Gasteiger partial charge on any atom is 0.104 e.